The van der Waals surface area contributed by atoms with Gasteiger partial charge in [-0.15, -0.1) is 0 Å². The topological polar surface area (TPSA) is 78.9 Å². The number of aliphatic hydroxyl groups excluding tert-OH is 1. The zero-order chi connectivity index (χ0) is 13.8. The van der Waals surface area contributed by atoms with Gasteiger partial charge in [-0.05, 0) is 18.8 Å². The molecule has 0 aromatic carbocycles. The molecule has 2 heterocycles. The number of hydrogen-bond donors (Lipinski definition) is 2. The van der Waals surface area contributed by atoms with Crippen LogP contribution < -0.4 is 5.32 Å². The van der Waals surface area contributed by atoms with Crippen molar-refractivity contribution in [3.8, 4) is 0 Å². The van der Waals surface area contributed by atoms with Crippen LogP contribution >= 0.6 is 0 Å². The summed E-state index contributed by atoms with van der Waals surface area (Å²) in [4.78, 5) is 24.8. The molecule has 2 aliphatic rings. The second-order valence-electron chi connectivity index (χ2n) is 5.43. The van der Waals surface area contributed by atoms with Crippen molar-refractivity contribution < 1.29 is 19.4 Å². The van der Waals surface area contributed by atoms with Gasteiger partial charge in [-0.25, -0.2) is 0 Å². The molecule has 108 valence electrons. The van der Waals surface area contributed by atoms with Crippen LogP contribution in [0.1, 0.15) is 26.2 Å². The van der Waals surface area contributed by atoms with Crippen LogP contribution in [0.5, 0.6) is 0 Å². The summed E-state index contributed by atoms with van der Waals surface area (Å²) < 4.78 is 5.27. The molecule has 0 radical (unpaired) electrons. The van der Waals surface area contributed by atoms with Crippen LogP contribution in [0, 0.1) is 5.92 Å². The third-order valence-electron chi connectivity index (χ3n) is 3.83. The van der Waals surface area contributed by atoms with Crippen LogP contribution in [0.2, 0.25) is 0 Å². The van der Waals surface area contributed by atoms with Gasteiger partial charge in [0.05, 0.1) is 12.1 Å². The molecule has 0 saturated carbocycles. The number of amides is 2. The van der Waals surface area contributed by atoms with Gasteiger partial charge in [0.25, 0.3) is 0 Å². The van der Waals surface area contributed by atoms with Gasteiger partial charge in [-0.2, -0.15) is 0 Å². The van der Waals surface area contributed by atoms with Crippen LogP contribution in [0.25, 0.3) is 0 Å². The van der Waals surface area contributed by atoms with E-state index < -0.39 is 6.10 Å². The van der Waals surface area contributed by atoms with Gasteiger partial charge in [0, 0.05) is 39.6 Å². The van der Waals surface area contributed by atoms with Gasteiger partial charge in [-0.1, -0.05) is 0 Å². The summed E-state index contributed by atoms with van der Waals surface area (Å²) in [7, 11) is 0. The smallest absolute Gasteiger partial charge is 0.223 e. The average Bonchev–Trinajstić information content (AvgIpc) is 2.71. The molecule has 19 heavy (non-hydrogen) atoms. The van der Waals surface area contributed by atoms with Crippen LogP contribution in [-0.4, -0.2) is 60.3 Å². The van der Waals surface area contributed by atoms with Crippen molar-refractivity contribution >= 4 is 11.8 Å². The number of β-amino-alcohol motifs (C(OH)–C–C–N with tert-alkyl or cyclic N) is 1. The SMILES string of the molecule is CC(=O)N[C@@H]1CN(C(=O)CC2CCOCC2)C[C@H]1O. The highest BCUT2D eigenvalue weighted by Gasteiger charge is 2.35. The molecule has 2 saturated heterocycles. The Morgan fingerprint density at radius 2 is 2.00 bits per heavy atom. The molecule has 0 aromatic rings. The lowest BCUT2D eigenvalue weighted by Gasteiger charge is -2.24. The molecule has 2 N–H and O–H groups in total. The number of nitrogens with one attached hydrogen (secondary N) is 1. The minimum atomic E-state index is -0.664. The van der Waals surface area contributed by atoms with E-state index in [1.807, 2.05) is 0 Å². The molecule has 2 rings (SSSR count). The lowest BCUT2D eigenvalue weighted by molar-refractivity contribution is -0.132. The number of rotatable bonds is 3. The number of ether oxygens (including phenoxy) is 1. The van der Waals surface area contributed by atoms with Gasteiger partial charge in [0.15, 0.2) is 0 Å². The Kier molecular flexibility index (Phi) is 4.76. The molecular weight excluding hydrogens is 248 g/mol. The summed E-state index contributed by atoms with van der Waals surface area (Å²) in [6, 6.07) is -0.337. The van der Waals surface area contributed by atoms with E-state index in [0.29, 0.717) is 25.4 Å². The molecule has 6 nitrogen and oxygen atoms in total. The van der Waals surface area contributed by atoms with E-state index in [-0.39, 0.29) is 17.9 Å². The largest absolute Gasteiger partial charge is 0.389 e. The van der Waals surface area contributed by atoms with Gasteiger partial charge in [0.1, 0.15) is 0 Å². The first-order valence-corrected chi connectivity index (χ1v) is 6.87. The Bertz CT molecular complexity index is 342. The molecule has 0 aromatic heterocycles. The third-order valence-corrected chi connectivity index (χ3v) is 3.83. The van der Waals surface area contributed by atoms with Crippen LogP contribution in [0.4, 0.5) is 0 Å². The van der Waals surface area contributed by atoms with Crippen LogP contribution in [-0.2, 0) is 14.3 Å². The van der Waals surface area contributed by atoms with Crippen molar-refractivity contribution in [2.24, 2.45) is 5.92 Å². The standard InChI is InChI=1S/C13H22N2O4/c1-9(16)14-11-7-15(8-12(11)17)13(18)6-10-2-4-19-5-3-10/h10-12,17H,2-8H2,1H3,(H,14,16)/t11-,12-/m1/s1. The van der Waals surface area contributed by atoms with Crippen LogP contribution in [0.15, 0.2) is 0 Å². The minimum absolute atomic E-state index is 0.0683. The first kappa shape index (κ1) is 14.3. The maximum absolute atomic E-state index is 12.2. The van der Waals surface area contributed by atoms with E-state index in [2.05, 4.69) is 5.32 Å². The zero-order valence-corrected chi connectivity index (χ0v) is 11.3. The number of nitrogens with zero attached hydrogens (tertiary/aromatic N) is 1. The van der Waals surface area contributed by atoms with Crippen molar-refractivity contribution in [3.05, 3.63) is 0 Å². The van der Waals surface area contributed by atoms with E-state index in [4.69, 9.17) is 4.74 Å². The van der Waals surface area contributed by atoms with E-state index in [1.54, 1.807) is 4.90 Å². The summed E-state index contributed by atoms with van der Waals surface area (Å²) >= 11 is 0. The highest BCUT2D eigenvalue weighted by molar-refractivity contribution is 5.77. The van der Waals surface area contributed by atoms with Gasteiger partial charge >= 0.3 is 0 Å². The molecule has 0 bridgehead atoms. The number of hydrogen-bond acceptors (Lipinski definition) is 4. The lowest BCUT2D eigenvalue weighted by Crippen LogP contribution is -2.42. The molecule has 2 aliphatic heterocycles. The molecular formula is C13H22N2O4. The quantitative estimate of drug-likeness (QED) is 0.725. The molecule has 2 fully saturated rings. The monoisotopic (exact) mass is 270 g/mol. The summed E-state index contributed by atoms with van der Waals surface area (Å²) in [5, 5.41) is 12.5. The van der Waals surface area contributed by atoms with E-state index >= 15 is 0 Å². The number of carbonyl (C=O) groups is 2. The van der Waals surface area contributed by atoms with Crippen molar-refractivity contribution in [2.75, 3.05) is 26.3 Å². The Labute approximate surface area is 113 Å². The van der Waals surface area contributed by atoms with Gasteiger partial charge in [-0.3, -0.25) is 9.59 Å². The zero-order valence-electron chi connectivity index (χ0n) is 11.3. The fourth-order valence-electron chi connectivity index (χ4n) is 2.72. The maximum Gasteiger partial charge on any atom is 0.223 e. The predicted octanol–water partition coefficient (Wildman–Crippen LogP) is -0.489. The second kappa shape index (κ2) is 6.34. The summed E-state index contributed by atoms with van der Waals surface area (Å²) in [6.45, 7) is 3.60. The Morgan fingerprint density at radius 1 is 1.32 bits per heavy atom. The molecule has 0 spiro atoms. The second-order valence-corrected chi connectivity index (χ2v) is 5.43. The summed E-state index contributed by atoms with van der Waals surface area (Å²) in [5.41, 5.74) is 0. The van der Waals surface area contributed by atoms with E-state index in [9.17, 15) is 14.7 Å². The highest BCUT2D eigenvalue weighted by Crippen LogP contribution is 2.21. The third kappa shape index (κ3) is 3.91. The van der Waals surface area contributed by atoms with Crippen molar-refractivity contribution in [3.63, 3.8) is 0 Å². The Morgan fingerprint density at radius 3 is 2.63 bits per heavy atom. The van der Waals surface area contributed by atoms with Crippen molar-refractivity contribution in [1.82, 2.24) is 10.2 Å². The minimum Gasteiger partial charge on any atom is -0.389 e. The Hall–Kier alpha value is -1.14. The fourth-order valence-corrected chi connectivity index (χ4v) is 2.72. The fraction of sp³-hybridized carbons (Fsp3) is 0.846. The highest BCUT2D eigenvalue weighted by atomic mass is 16.5. The summed E-state index contributed by atoms with van der Waals surface area (Å²) in [5.74, 6) is 0.278. The first-order valence-electron chi connectivity index (χ1n) is 6.87. The molecule has 0 aliphatic carbocycles. The van der Waals surface area contributed by atoms with Crippen molar-refractivity contribution in [1.29, 1.82) is 0 Å². The number of likely N-dealkylation sites (tertiary alicyclic amines) is 1. The Balaban J connectivity index is 1.81. The molecule has 2 amide bonds. The summed E-state index contributed by atoms with van der Waals surface area (Å²) in [6.07, 6.45) is 1.71. The normalized spacial score (nSPS) is 28.4. The molecule has 0 unspecified atom stereocenters. The van der Waals surface area contributed by atoms with Gasteiger partial charge in [0.2, 0.25) is 11.8 Å². The number of aliphatic hydroxyl groups is 1. The van der Waals surface area contributed by atoms with Gasteiger partial charge < -0.3 is 20.1 Å². The number of carbonyl (C=O) groups excluding carboxylic acids is 2. The lowest BCUT2D eigenvalue weighted by atomic mass is 9.96. The first-order chi connectivity index (χ1) is 9.06. The predicted molar refractivity (Wildman–Crippen MR) is 68.4 cm³/mol. The van der Waals surface area contributed by atoms with E-state index in [1.165, 1.54) is 6.92 Å². The van der Waals surface area contributed by atoms with Crippen LogP contribution in [0.3, 0.4) is 0 Å². The average molecular weight is 270 g/mol. The maximum atomic E-state index is 12.2. The van der Waals surface area contributed by atoms with E-state index in [0.717, 1.165) is 26.1 Å². The molecule has 2 atom stereocenters. The molecule has 6 heteroatoms. The van der Waals surface area contributed by atoms with Crippen molar-refractivity contribution in [2.45, 2.75) is 38.3 Å².